The van der Waals surface area contributed by atoms with Crippen LogP contribution in [0.4, 0.5) is 5.69 Å². The molecule has 1 rings (SSSR count). The van der Waals surface area contributed by atoms with Gasteiger partial charge in [-0.3, -0.25) is 14.3 Å². The molecule has 116 valence electrons. The first kappa shape index (κ1) is 17.0. The van der Waals surface area contributed by atoms with Gasteiger partial charge in [0, 0.05) is 11.3 Å². The Balaban J connectivity index is 2.70. The van der Waals surface area contributed by atoms with Crippen molar-refractivity contribution < 1.29 is 23.1 Å². The Morgan fingerprint density at radius 2 is 1.76 bits per heavy atom. The Morgan fingerprint density at radius 1 is 1.19 bits per heavy atom. The van der Waals surface area contributed by atoms with E-state index in [-0.39, 0.29) is 17.2 Å². The van der Waals surface area contributed by atoms with Crippen molar-refractivity contribution in [1.29, 1.82) is 0 Å². The third-order valence-electron chi connectivity index (χ3n) is 2.37. The molecule has 1 aromatic rings. The van der Waals surface area contributed by atoms with Crippen molar-refractivity contribution >= 4 is 27.6 Å². The second kappa shape index (κ2) is 7.07. The van der Waals surface area contributed by atoms with Gasteiger partial charge < -0.3 is 10.4 Å². The molecule has 0 heterocycles. The number of carboxylic acid groups (broad SMARTS) is 1. The molecule has 7 nitrogen and oxygen atoms in total. The summed E-state index contributed by atoms with van der Waals surface area (Å²) in [5.41, 5.74) is 0.605. The maximum atomic E-state index is 11.8. The van der Waals surface area contributed by atoms with Gasteiger partial charge in [0.2, 0.25) is 10.0 Å². The number of nitrogens with one attached hydrogen (secondary N) is 2. The van der Waals surface area contributed by atoms with Crippen LogP contribution >= 0.6 is 0 Å². The van der Waals surface area contributed by atoms with Crippen LogP contribution in [0.25, 0.3) is 0 Å². The van der Waals surface area contributed by atoms with Crippen molar-refractivity contribution in [2.24, 2.45) is 5.92 Å². The molecule has 0 aliphatic rings. The van der Waals surface area contributed by atoms with Gasteiger partial charge in [-0.05, 0) is 30.2 Å². The summed E-state index contributed by atoms with van der Waals surface area (Å²) in [5, 5.41) is 10.7. The van der Waals surface area contributed by atoms with Crippen molar-refractivity contribution in [3.63, 3.8) is 0 Å². The Morgan fingerprint density at radius 3 is 2.24 bits per heavy atom. The molecule has 1 amide bonds. The normalized spacial score (nSPS) is 11.2. The quantitative estimate of drug-likeness (QED) is 0.692. The van der Waals surface area contributed by atoms with E-state index in [1.54, 1.807) is 13.8 Å². The summed E-state index contributed by atoms with van der Waals surface area (Å²) in [6, 6.07) is 5.75. The van der Waals surface area contributed by atoms with Crippen molar-refractivity contribution in [3.8, 4) is 0 Å². The van der Waals surface area contributed by atoms with Gasteiger partial charge in [-0.2, -0.15) is 0 Å². The number of carbonyl (C=O) groups excluding carboxylic acids is 1. The highest BCUT2D eigenvalue weighted by Crippen LogP contribution is 2.12. The van der Waals surface area contributed by atoms with Crippen LogP contribution in [0, 0.1) is 5.92 Å². The van der Waals surface area contributed by atoms with Gasteiger partial charge in [0.25, 0.3) is 5.91 Å². The Bertz CT molecular complexity index is 608. The van der Waals surface area contributed by atoms with Crippen molar-refractivity contribution in [2.75, 3.05) is 17.0 Å². The lowest BCUT2D eigenvalue weighted by atomic mass is 10.2. The van der Waals surface area contributed by atoms with Crippen LogP contribution in [0.3, 0.4) is 0 Å². The van der Waals surface area contributed by atoms with Gasteiger partial charge in [-0.25, -0.2) is 8.42 Å². The molecule has 1 aromatic carbocycles. The highest BCUT2D eigenvalue weighted by molar-refractivity contribution is 7.92. The van der Waals surface area contributed by atoms with Gasteiger partial charge in [0.05, 0.1) is 5.75 Å². The summed E-state index contributed by atoms with van der Waals surface area (Å²) >= 11 is 0. The van der Waals surface area contributed by atoms with E-state index in [1.165, 1.54) is 24.3 Å². The number of anilines is 1. The number of benzene rings is 1. The number of aliphatic carboxylic acids is 1. The van der Waals surface area contributed by atoms with E-state index in [4.69, 9.17) is 5.11 Å². The zero-order chi connectivity index (χ0) is 16.0. The molecule has 0 spiro atoms. The minimum Gasteiger partial charge on any atom is -0.480 e. The van der Waals surface area contributed by atoms with E-state index in [9.17, 15) is 18.0 Å². The van der Waals surface area contributed by atoms with E-state index < -0.39 is 28.4 Å². The summed E-state index contributed by atoms with van der Waals surface area (Å²) in [6.45, 7) is 3.13. The summed E-state index contributed by atoms with van der Waals surface area (Å²) in [7, 11) is -3.42. The number of hydrogen-bond acceptors (Lipinski definition) is 4. The average molecular weight is 314 g/mol. The minimum absolute atomic E-state index is 0.00331. The lowest BCUT2D eigenvalue weighted by Crippen LogP contribution is -2.29. The molecule has 21 heavy (non-hydrogen) atoms. The van der Waals surface area contributed by atoms with Gasteiger partial charge in [0.1, 0.15) is 6.54 Å². The molecular weight excluding hydrogens is 296 g/mol. The van der Waals surface area contributed by atoms with Crippen LogP contribution in [0.2, 0.25) is 0 Å². The van der Waals surface area contributed by atoms with E-state index in [0.29, 0.717) is 5.69 Å². The van der Waals surface area contributed by atoms with E-state index >= 15 is 0 Å². The van der Waals surface area contributed by atoms with E-state index in [0.717, 1.165) is 0 Å². The average Bonchev–Trinajstić information content (AvgIpc) is 2.34. The summed E-state index contributed by atoms with van der Waals surface area (Å²) < 4.78 is 25.9. The first-order chi connectivity index (χ1) is 9.69. The highest BCUT2D eigenvalue weighted by Gasteiger charge is 2.13. The van der Waals surface area contributed by atoms with E-state index in [1.807, 2.05) is 0 Å². The highest BCUT2D eigenvalue weighted by atomic mass is 32.2. The van der Waals surface area contributed by atoms with Crippen LogP contribution < -0.4 is 10.0 Å². The SMILES string of the molecule is CC(C)CS(=O)(=O)Nc1ccc(C(=O)NCC(=O)O)cc1. The van der Waals surface area contributed by atoms with Gasteiger partial charge in [0.15, 0.2) is 0 Å². The topological polar surface area (TPSA) is 113 Å². The third kappa shape index (κ3) is 6.26. The smallest absolute Gasteiger partial charge is 0.322 e. The maximum Gasteiger partial charge on any atom is 0.322 e. The molecule has 0 unspecified atom stereocenters. The third-order valence-corrected chi connectivity index (χ3v) is 4.03. The number of sulfonamides is 1. The second-order valence-corrected chi connectivity index (χ2v) is 6.70. The molecular formula is C13H18N2O5S. The summed E-state index contributed by atoms with van der Waals surface area (Å²) in [5.74, 6) is -1.66. The Kier molecular flexibility index (Phi) is 5.71. The molecule has 0 saturated heterocycles. The lowest BCUT2D eigenvalue weighted by molar-refractivity contribution is -0.135. The number of carbonyl (C=O) groups is 2. The van der Waals surface area contributed by atoms with Crippen molar-refractivity contribution in [1.82, 2.24) is 5.32 Å². The molecule has 0 radical (unpaired) electrons. The first-order valence-electron chi connectivity index (χ1n) is 6.30. The number of hydrogen-bond donors (Lipinski definition) is 3. The van der Waals surface area contributed by atoms with Crippen LogP contribution in [0.1, 0.15) is 24.2 Å². The predicted octanol–water partition coefficient (Wildman–Crippen LogP) is 0.899. The molecule has 0 aliphatic carbocycles. The van der Waals surface area contributed by atoms with Crippen LogP contribution in [-0.4, -0.2) is 37.7 Å². The number of rotatable bonds is 7. The van der Waals surface area contributed by atoms with Crippen molar-refractivity contribution in [2.45, 2.75) is 13.8 Å². The molecule has 8 heteroatoms. The zero-order valence-corrected chi connectivity index (χ0v) is 12.6. The summed E-state index contributed by atoms with van der Waals surface area (Å²) in [6.07, 6.45) is 0. The standard InChI is InChI=1S/C13H18N2O5S/c1-9(2)8-21(19,20)15-11-5-3-10(4-6-11)13(18)14-7-12(16)17/h3-6,9,15H,7-8H2,1-2H3,(H,14,18)(H,16,17). The Labute approximate surface area is 123 Å². The zero-order valence-electron chi connectivity index (χ0n) is 11.8. The predicted molar refractivity (Wildman–Crippen MR) is 78.7 cm³/mol. The fourth-order valence-electron chi connectivity index (χ4n) is 1.61. The molecule has 0 aromatic heterocycles. The van der Waals surface area contributed by atoms with Gasteiger partial charge in [-0.1, -0.05) is 13.8 Å². The Hall–Kier alpha value is -2.09. The second-order valence-electron chi connectivity index (χ2n) is 4.93. The molecule has 0 bridgehead atoms. The minimum atomic E-state index is -3.42. The molecule has 0 aliphatic heterocycles. The fourth-order valence-corrected chi connectivity index (χ4v) is 3.06. The number of carboxylic acids is 1. The summed E-state index contributed by atoms with van der Waals surface area (Å²) in [4.78, 5) is 21.9. The van der Waals surface area contributed by atoms with Crippen LogP contribution in [0.5, 0.6) is 0 Å². The monoisotopic (exact) mass is 314 g/mol. The molecule has 0 fully saturated rings. The van der Waals surface area contributed by atoms with Crippen LogP contribution in [0.15, 0.2) is 24.3 Å². The number of amides is 1. The van der Waals surface area contributed by atoms with Gasteiger partial charge >= 0.3 is 5.97 Å². The van der Waals surface area contributed by atoms with Crippen molar-refractivity contribution in [3.05, 3.63) is 29.8 Å². The van der Waals surface area contributed by atoms with Crippen LogP contribution in [-0.2, 0) is 14.8 Å². The molecule has 3 N–H and O–H groups in total. The largest absolute Gasteiger partial charge is 0.480 e. The molecule has 0 atom stereocenters. The van der Waals surface area contributed by atoms with Gasteiger partial charge in [-0.15, -0.1) is 0 Å². The first-order valence-corrected chi connectivity index (χ1v) is 7.95. The molecule has 0 saturated carbocycles. The lowest BCUT2D eigenvalue weighted by Gasteiger charge is -2.10. The van der Waals surface area contributed by atoms with E-state index in [2.05, 4.69) is 10.0 Å². The fraction of sp³-hybridized carbons (Fsp3) is 0.385. The maximum absolute atomic E-state index is 11.8.